The minimum atomic E-state index is -4.67. The van der Waals surface area contributed by atoms with Crippen LogP contribution in [0.5, 0.6) is 0 Å². The fraction of sp³-hybridized carbons (Fsp3) is 0.455. The van der Waals surface area contributed by atoms with Crippen molar-refractivity contribution in [2.75, 3.05) is 6.61 Å². The van der Waals surface area contributed by atoms with Crippen molar-refractivity contribution in [3.63, 3.8) is 0 Å². The molecule has 152 valence electrons. The van der Waals surface area contributed by atoms with Gasteiger partial charge in [-0.3, -0.25) is 27.6 Å². The maximum atomic E-state index is 12.3. The molecule has 0 bridgehead atoms. The number of hydrogen-bond donors (Lipinski definition) is 6. The minimum absolute atomic E-state index is 0.0409. The quantitative estimate of drug-likeness (QED) is 0.162. The van der Waals surface area contributed by atoms with Gasteiger partial charge < -0.3 is 21.7 Å². The molecule has 8 N–H and O–H groups in total. The van der Waals surface area contributed by atoms with Crippen molar-refractivity contribution >= 4 is 33.5 Å². The lowest BCUT2D eigenvalue weighted by Gasteiger charge is -2.11. The Morgan fingerprint density at radius 1 is 1.22 bits per heavy atom. The van der Waals surface area contributed by atoms with Crippen molar-refractivity contribution in [1.82, 2.24) is 18.7 Å². The molecule has 0 aliphatic rings. The van der Waals surface area contributed by atoms with Gasteiger partial charge in [-0.05, 0) is 0 Å². The second-order valence-electron chi connectivity index (χ2n) is 5.22. The third kappa shape index (κ3) is 5.59. The van der Waals surface area contributed by atoms with Gasteiger partial charge in [0.05, 0.1) is 19.3 Å². The van der Waals surface area contributed by atoms with Gasteiger partial charge in [0, 0.05) is 14.1 Å². The number of aryl methyl sites for hydroxylation is 1. The highest BCUT2D eigenvalue weighted by molar-refractivity contribution is 7.79. The van der Waals surface area contributed by atoms with Gasteiger partial charge in [0.15, 0.2) is 17.1 Å². The first-order valence-electron chi connectivity index (χ1n) is 7.02. The molecule has 0 spiro atoms. The highest BCUT2D eigenvalue weighted by Crippen LogP contribution is 2.18. The van der Waals surface area contributed by atoms with Crippen LogP contribution in [-0.4, -0.2) is 65.1 Å². The van der Waals surface area contributed by atoms with Crippen LogP contribution in [0.1, 0.15) is 0 Å². The van der Waals surface area contributed by atoms with E-state index in [4.69, 9.17) is 34.1 Å². The number of imidazole rings is 1. The Hall–Kier alpha value is -2.79. The zero-order valence-corrected chi connectivity index (χ0v) is 15.0. The lowest BCUT2D eigenvalue weighted by molar-refractivity contribution is 0.0824. The SMILES string of the molecule is Cn1c(=O)c2c(nc(N=C(N)N)n2CC(O)CO)n(C)c1=O.O=S(=O)(O)O. The molecule has 0 fully saturated rings. The second-order valence-corrected chi connectivity index (χ2v) is 6.12. The summed E-state index contributed by atoms with van der Waals surface area (Å²) in [7, 11) is -1.90. The van der Waals surface area contributed by atoms with E-state index >= 15 is 0 Å². The molecule has 0 radical (unpaired) electrons. The van der Waals surface area contributed by atoms with Crippen molar-refractivity contribution in [1.29, 1.82) is 0 Å². The Kier molecular flexibility index (Phi) is 6.81. The molecule has 27 heavy (non-hydrogen) atoms. The fourth-order valence-electron chi connectivity index (χ4n) is 2.08. The molecule has 0 saturated carbocycles. The smallest absolute Gasteiger partial charge is 0.394 e. The highest BCUT2D eigenvalue weighted by atomic mass is 32.3. The zero-order chi connectivity index (χ0) is 21.1. The van der Waals surface area contributed by atoms with Crippen LogP contribution in [0.4, 0.5) is 5.95 Å². The first-order valence-corrected chi connectivity index (χ1v) is 8.42. The van der Waals surface area contributed by atoms with Gasteiger partial charge in [-0.15, -0.1) is 0 Å². The number of aliphatic hydroxyl groups is 2. The molecule has 2 aromatic heterocycles. The van der Waals surface area contributed by atoms with Gasteiger partial charge in [-0.2, -0.15) is 18.4 Å². The van der Waals surface area contributed by atoms with Crippen LogP contribution in [0.2, 0.25) is 0 Å². The van der Waals surface area contributed by atoms with Crippen LogP contribution in [0.25, 0.3) is 11.2 Å². The van der Waals surface area contributed by atoms with Crippen molar-refractivity contribution in [3.05, 3.63) is 20.8 Å². The number of nitrogens with two attached hydrogens (primary N) is 2. The predicted octanol–water partition coefficient (Wildman–Crippen LogP) is -3.96. The van der Waals surface area contributed by atoms with Gasteiger partial charge >= 0.3 is 16.1 Å². The van der Waals surface area contributed by atoms with E-state index in [1.165, 1.54) is 23.2 Å². The van der Waals surface area contributed by atoms with E-state index in [0.29, 0.717) is 0 Å². The maximum absolute atomic E-state index is 12.3. The third-order valence-corrected chi connectivity index (χ3v) is 3.16. The van der Waals surface area contributed by atoms with Gasteiger partial charge in [0.1, 0.15) is 0 Å². The van der Waals surface area contributed by atoms with Crippen molar-refractivity contribution in [2.24, 2.45) is 30.6 Å². The number of rotatable bonds is 4. The standard InChI is InChI=1S/C11H17N7O4.H2O4S/c1-16-7-6(8(21)17(2)11(16)22)18(3-5(20)4-19)10(14-7)15-9(12)13;1-5(2,3)4/h5,19-20H,3-4H2,1-2H3,(H4,12,13,14,15);(H2,1,2,3,4). The predicted molar refractivity (Wildman–Crippen MR) is 93.0 cm³/mol. The van der Waals surface area contributed by atoms with Gasteiger partial charge in [-0.1, -0.05) is 0 Å². The summed E-state index contributed by atoms with van der Waals surface area (Å²) in [4.78, 5) is 32.1. The summed E-state index contributed by atoms with van der Waals surface area (Å²) >= 11 is 0. The summed E-state index contributed by atoms with van der Waals surface area (Å²) in [6, 6.07) is 0. The van der Waals surface area contributed by atoms with E-state index in [2.05, 4.69) is 9.98 Å². The van der Waals surface area contributed by atoms with Gasteiger partial charge in [-0.25, -0.2) is 4.79 Å². The monoisotopic (exact) mass is 409 g/mol. The largest absolute Gasteiger partial charge is 0.394 e. The molecule has 1 unspecified atom stereocenters. The lowest BCUT2D eigenvalue weighted by atomic mass is 10.3. The lowest BCUT2D eigenvalue weighted by Crippen LogP contribution is -2.38. The van der Waals surface area contributed by atoms with Crippen molar-refractivity contribution in [3.8, 4) is 0 Å². The van der Waals surface area contributed by atoms with E-state index in [-0.39, 0.29) is 29.6 Å². The Labute approximate surface area is 151 Å². The van der Waals surface area contributed by atoms with Crippen LogP contribution in [0, 0.1) is 0 Å². The minimum Gasteiger partial charge on any atom is -0.394 e. The van der Waals surface area contributed by atoms with Gasteiger partial charge in [0.25, 0.3) is 5.56 Å². The van der Waals surface area contributed by atoms with Crippen LogP contribution in [0.15, 0.2) is 14.6 Å². The molecule has 2 heterocycles. The second kappa shape index (κ2) is 8.27. The fourth-order valence-corrected chi connectivity index (χ4v) is 2.08. The van der Waals surface area contributed by atoms with E-state index in [1.54, 1.807) is 0 Å². The number of aliphatic hydroxyl groups excluding tert-OH is 2. The van der Waals surface area contributed by atoms with Gasteiger partial charge in [0.2, 0.25) is 5.95 Å². The molecule has 15 nitrogen and oxygen atoms in total. The van der Waals surface area contributed by atoms with Crippen molar-refractivity contribution < 1.29 is 27.7 Å². The average Bonchev–Trinajstić information content (AvgIpc) is 2.87. The number of hydrogen-bond acceptors (Lipinski definition) is 8. The summed E-state index contributed by atoms with van der Waals surface area (Å²) in [5.41, 5.74) is 9.63. The normalized spacial score (nSPS) is 12.4. The van der Waals surface area contributed by atoms with E-state index in [0.717, 1.165) is 4.57 Å². The zero-order valence-electron chi connectivity index (χ0n) is 14.2. The van der Waals surface area contributed by atoms with Crippen molar-refractivity contribution in [2.45, 2.75) is 12.6 Å². The van der Waals surface area contributed by atoms with Crippen LogP contribution < -0.4 is 22.7 Å². The molecule has 2 rings (SSSR count). The Balaban J connectivity index is 0.000000646. The van der Waals surface area contributed by atoms with E-state index in [9.17, 15) is 14.7 Å². The van der Waals surface area contributed by atoms with Crippen LogP contribution >= 0.6 is 0 Å². The number of aromatic nitrogens is 4. The first-order chi connectivity index (χ1) is 12.3. The number of nitrogens with zero attached hydrogens (tertiary/aromatic N) is 5. The number of fused-ring (bicyclic) bond motifs is 1. The van der Waals surface area contributed by atoms with Crippen LogP contribution in [0.3, 0.4) is 0 Å². The summed E-state index contributed by atoms with van der Waals surface area (Å²) in [6.45, 7) is -0.681. The van der Waals surface area contributed by atoms with E-state index in [1.807, 2.05) is 0 Å². The molecule has 16 heteroatoms. The number of aliphatic imine (C=N–C) groups is 1. The summed E-state index contributed by atoms with van der Waals surface area (Å²) in [6.07, 6.45) is -1.15. The van der Waals surface area contributed by atoms with Crippen LogP contribution in [-0.2, 0) is 31.0 Å². The molecular formula is C11H19N7O8S. The molecular weight excluding hydrogens is 390 g/mol. The molecule has 0 saturated heterocycles. The summed E-state index contributed by atoms with van der Waals surface area (Å²) in [5, 5.41) is 18.6. The Bertz CT molecular complexity index is 1070. The molecule has 0 aliphatic carbocycles. The molecule has 1 atom stereocenters. The first kappa shape index (κ1) is 22.3. The third-order valence-electron chi connectivity index (χ3n) is 3.16. The molecule has 0 aromatic carbocycles. The van der Waals surface area contributed by atoms with E-state index < -0.39 is 34.4 Å². The maximum Gasteiger partial charge on any atom is 0.394 e. The average molecular weight is 409 g/mol. The molecule has 0 amide bonds. The summed E-state index contributed by atoms with van der Waals surface area (Å²) < 4.78 is 34.9. The summed E-state index contributed by atoms with van der Waals surface area (Å²) in [5.74, 6) is -0.335. The molecule has 0 aliphatic heterocycles. The number of guanidine groups is 1. The molecule has 2 aromatic rings. The Morgan fingerprint density at radius 3 is 2.19 bits per heavy atom. The highest BCUT2D eigenvalue weighted by Gasteiger charge is 2.20. The Morgan fingerprint density at radius 2 is 1.74 bits per heavy atom. The topological polar surface area (TPSA) is 241 Å².